The third-order valence-electron chi connectivity index (χ3n) is 2.09. The van der Waals surface area contributed by atoms with Crippen molar-refractivity contribution in [3.63, 3.8) is 0 Å². The second-order valence-electron chi connectivity index (χ2n) is 3.32. The van der Waals surface area contributed by atoms with Crippen LogP contribution in [0.4, 0.5) is 15.8 Å². The zero-order valence-electron chi connectivity index (χ0n) is 8.61. The number of hydrogen-bond donors (Lipinski definition) is 1. The van der Waals surface area contributed by atoms with E-state index in [1.165, 1.54) is 18.2 Å². The third kappa shape index (κ3) is 2.80. The molecule has 2 aromatic rings. The Morgan fingerprint density at radius 3 is 2.82 bits per heavy atom. The van der Waals surface area contributed by atoms with E-state index in [9.17, 15) is 4.39 Å². The van der Waals surface area contributed by atoms with Crippen LogP contribution in [0.1, 0.15) is 5.56 Å². The van der Waals surface area contributed by atoms with Crippen LogP contribution < -0.4 is 5.32 Å². The summed E-state index contributed by atoms with van der Waals surface area (Å²) in [5.74, 6) is -0.431. The summed E-state index contributed by atoms with van der Waals surface area (Å²) >= 11 is 3.30. The predicted molar refractivity (Wildman–Crippen MR) is 66.3 cm³/mol. The van der Waals surface area contributed by atoms with Crippen LogP contribution in [0.3, 0.4) is 0 Å². The summed E-state index contributed by atoms with van der Waals surface area (Å²) in [5, 5.41) is 11.9. The lowest BCUT2D eigenvalue weighted by Gasteiger charge is -2.07. The lowest BCUT2D eigenvalue weighted by molar-refractivity contribution is 0.627. The lowest BCUT2D eigenvalue weighted by Crippen LogP contribution is -1.95. The van der Waals surface area contributed by atoms with E-state index in [1.807, 2.05) is 12.1 Å². The molecular weight excluding hydrogens is 285 g/mol. The molecule has 0 aliphatic carbocycles. The van der Waals surface area contributed by atoms with Crippen LogP contribution in [0.15, 0.2) is 41.1 Å². The van der Waals surface area contributed by atoms with Gasteiger partial charge in [-0.15, -0.1) is 0 Å². The van der Waals surface area contributed by atoms with Crippen molar-refractivity contribution >= 4 is 27.3 Å². The van der Waals surface area contributed by atoms with Crippen LogP contribution in [-0.2, 0) is 0 Å². The van der Waals surface area contributed by atoms with Crippen molar-refractivity contribution in [3.05, 3.63) is 52.5 Å². The van der Waals surface area contributed by atoms with Gasteiger partial charge in [0.05, 0.1) is 23.1 Å². The van der Waals surface area contributed by atoms with Crippen molar-refractivity contribution in [3.8, 4) is 6.07 Å². The van der Waals surface area contributed by atoms with Gasteiger partial charge in [-0.25, -0.2) is 4.39 Å². The molecule has 1 heterocycles. The van der Waals surface area contributed by atoms with E-state index in [-0.39, 0.29) is 5.56 Å². The molecule has 0 unspecified atom stereocenters. The number of aromatic nitrogens is 1. The van der Waals surface area contributed by atoms with E-state index in [0.717, 1.165) is 10.2 Å². The number of benzene rings is 1. The zero-order valence-corrected chi connectivity index (χ0v) is 10.2. The maximum Gasteiger partial charge on any atom is 0.124 e. The van der Waals surface area contributed by atoms with Gasteiger partial charge in [0.25, 0.3) is 0 Å². The van der Waals surface area contributed by atoms with Crippen LogP contribution in [0, 0.1) is 17.1 Å². The summed E-state index contributed by atoms with van der Waals surface area (Å²) in [6.45, 7) is 0. The number of anilines is 2. The fourth-order valence-electron chi connectivity index (χ4n) is 1.35. The highest BCUT2D eigenvalue weighted by atomic mass is 79.9. The van der Waals surface area contributed by atoms with E-state index >= 15 is 0 Å². The van der Waals surface area contributed by atoms with Gasteiger partial charge >= 0.3 is 0 Å². The molecule has 0 aliphatic heterocycles. The van der Waals surface area contributed by atoms with Crippen molar-refractivity contribution in [1.29, 1.82) is 5.26 Å². The van der Waals surface area contributed by atoms with E-state index in [1.54, 1.807) is 12.4 Å². The van der Waals surface area contributed by atoms with Crippen molar-refractivity contribution in [2.75, 3.05) is 5.32 Å². The predicted octanol–water partition coefficient (Wildman–Crippen LogP) is 3.60. The highest BCUT2D eigenvalue weighted by Crippen LogP contribution is 2.22. The largest absolute Gasteiger partial charge is 0.353 e. The molecule has 5 heteroatoms. The lowest BCUT2D eigenvalue weighted by atomic mass is 10.2. The minimum atomic E-state index is -0.431. The molecule has 84 valence electrons. The maximum absolute atomic E-state index is 12.9. The van der Waals surface area contributed by atoms with Gasteiger partial charge in [0, 0.05) is 10.7 Å². The normalized spacial score (nSPS) is 9.71. The Kier molecular flexibility index (Phi) is 3.35. The van der Waals surface area contributed by atoms with E-state index < -0.39 is 5.82 Å². The first-order valence-corrected chi connectivity index (χ1v) is 5.55. The Bertz CT molecular complexity index is 593. The van der Waals surface area contributed by atoms with Gasteiger partial charge in [-0.2, -0.15) is 5.26 Å². The minimum absolute atomic E-state index is 0.255. The number of nitrogens with one attached hydrogen (secondary N) is 1. The van der Waals surface area contributed by atoms with E-state index in [0.29, 0.717) is 5.69 Å². The Hall–Kier alpha value is -1.93. The molecular formula is C12H7BrFN3. The van der Waals surface area contributed by atoms with Crippen molar-refractivity contribution in [1.82, 2.24) is 4.98 Å². The van der Waals surface area contributed by atoms with Gasteiger partial charge < -0.3 is 5.32 Å². The molecule has 0 atom stereocenters. The fourth-order valence-corrected chi connectivity index (χ4v) is 1.72. The van der Waals surface area contributed by atoms with Crippen LogP contribution in [-0.4, -0.2) is 4.98 Å². The molecule has 1 aromatic heterocycles. The van der Waals surface area contributed by atoms with Gasteiger partial charge in [0.15, 0.2) is 0 Å². The topological polar surface area (TPSA) is 48.7 Å². The summed E-state index contributed by atoms with van der Waals surface area (Å²) < 4.78 is 13.8. The number of hydrogen-bond acceptors (Lipinski definition) is 3. The van der Waals surface area contributed by atoms with Gasteiger partial charge in [0.1, 0.15) is 11.9 Å². The zero-order chi connectivity index (χ0) is 12.3. The Morgan fingerprint density at radius 2 is 2.12 bits per heavy atom. The molecule has 0 amide bonds. The summed E-state index contributed by atoms with van der Waals surface area (Å²) in [6.07, 6.45) is 3.27. The van der Waals surface area contributed by atoms with Crippen LogP contribution >= 0.6 is 15.9 Å². The molecule has 2 rings (SSSR count). The highest BCUT2D eigenvalue weighted by molar-refractivity contribution is 9.10. The first-order chi connectivity index (χ1) is 8.19. The second kappa shape index (κ2) is 4.93. The average Bonchev–Trinajstić information content (AvgIpc) is 2.31. The van der Waals surface area contributed by atoms with Crippen LogP contribution in [0.5, 0.6) is 0 Å². The molecule has 0 saturated carbocycles. The first-order valence-electron chi connectivity index (χ1n) is 4.76. The van der Waals surface area contributed by atoms with Crippen LogP contribution in [0.2, 0.25) is 0 Å². The summed E-state index contributed by atoms with van der Waals surface area (Å²) in [6, 6.07) is 7.76. The molecule has 0 bridgehead atoms. The monoisotopic (exact) mass is 291 g/mol. The first kappa shape index (κ1) is 11.6. The number of nitriles is 1. The molecule has 1 N–H and O–H groups in total. The maximum atomic E-state index is 12.9. The van der Waals surface area contributed by atoms with Crippen LogP contribution in [0.25, 0.3) is 0 Å². The Morgan fingerprint density at radius 1 is 1.29 bits per heavy atom. The smallest absolute Gasteiger partial charge is 0.124 e. The average molecular weight is 292 g/mol. The summed E-state index contributed by atoms with van der Waals surface area (Å²) in [4.78, 5) is 3.99. The summed E-state index contributed by atoms with van der Waals surface area (Å²) in [7, 11) is 0. The quantitative estimate of drug-likeness (QED) is 0.920. The molecule has 0 aliphatic rings. The van der Waals surface area contributed by atoms with Gasteiger partial charge in [0.2, 0.25) is 0 Å². The standard InChI is InChI=1S/C12H7BrFN3/c13-9-4-11(7-16-6-9)17-12-2-1-10(14)3-8(12)5-15/h1-4,6-7,17H. The Balaban J connectivity index is 2.34. The van der Waals surface area contributed by atoms with Gasteiger partial charge in [-0.3, -0.25) is 4.98 Å². The SMILES string of the molecule is N#Cc1cc(F)ccc1Nc1cncc(Br)c1. The molecule has 0 spiro atoms. The molecule has 1 aromatic carbocycles. The minimum Gasteiger partial charge on any atom is -0.353 e. The van der Waals surface area contributed by atoms with Crippen molar-refractivity contribution in [2.24, 2.45) is 0 Å². The number of nitrogens with zero attached hydrogens (tertiary/aromatic N) is 2. The molecule has 3 nitrogen and oxygen atoms in total. The van der Waals surface area contributed by atoms with E-state index in [4.69, 9.17) is 5.26 Å². The highest BCUT2D eigenvalue weighted by Gasteiger charge is 2.04. The van der Waals surface area contributed by atoms with E-state index in [2.05, 4.69) is 26.2 Å². The molecule has 0 radical (unpaired) electrons. The second-order valence-corrected chi connectivity index (χ2v) is 4.23. The Labute approximate surface area is 106 Å². The number of halogens is 2. The van der Waals surface area contributed by atoms with Gasteiger partial charge in [-0.05, 0) is 40.2 Å². The molecule has 0 saturated heterocycles. The number of pyridine rings is 1. The third-order valence-corrected chi connectivity index (χ3v) is 2.52. The fraction of sp³-hybridized carbons (Fsp3) is 0. The van der Waals surface area contributed by atoms with Crippen molar-refractivity contribution in [2.45, 2.75) is 0 Å². The van der Waals surface area contributed by atoms with Crippen molar-refractivity contribution < 1.29 is 4.39 Å². The van der Waals surface area contributed by atoms with Gasteiger partial charge in [-0.1, -0.05) is 0 Å². The summed E-state index contributed by atoms with van der Waals surface area (Å²) in [5.41, 5.74) is 1.53. The molecule has 0 fully saturated rings. The molecule has 17 heavy (non-hydrogen) atoms. The number of rotatable bonds is 2.